The molecule has 174 valence electrons. The maximum atomic E-state index is 6.25. The molecule has 0 aliphatic heterocycles. The van der Waals surface area contributed by atoms with Crippen molar-refractivity contribution < 1.29 is 4.74 Å². The first-order valence-corrected chi connectivity index (χ1v) is 12.9. The number of unbranched alkanes of at least 4 members (excludes halogenated alkanes) is 11. The van der Waals surface area contributed by atoms with E-state index in [2.05, 4.69) is 40.7 Å². The molecule has 2 nitrogen and oxygen atoms in total. The standard InChI is InChI=1S/C27H55NO/c1-6-8-9-10-11-12-13-14-15-17-20-26(21-18-16-19-23-28)22-24-29-27(4,5)25(3)7-2/h7,26H,6,8-24,28H2,1-5H3/b25-7+. The topological polar surface area (TPSA) is 35.2 Å². The molecule has 2 heteroatoms. The van der Waals surface area contributed by atoms with Crippen molar-refractivity contribution in [1.29, 1.82) is 0 Å². The summed E-state index contributed by atoms with van der Waals surface area (Å²) in [7, 11) is 0. The van der Waals surface area contributed by atoms with E-state index in [1.165, 1.54) is 108 Å². The second kappa shape index (κ2) is 19.6. The van der Waals surface area contributed by atoms with E-state index in [0.29, 0.717) is 0 Å². The van der Waals surface area contributed by atoms with Gasteiger partial charge in [-0.1, -0.05) is 103 Å². The van der Waals surface area contributed by atoms with Crippen molar-refractivity contribution in [2.75, 3.05) is 13.2 Å². The summed E-state index contributed by atoms with van der Waals surface area (Å²) < 4.78 is 6.25. The van der Waals surface area contributed by atoms with Gasteiger partial charge in [0.1, 0.15) is 0 Å². The first-order chi connectivity index (χ1) is 14.0. The van der Waals surface area contributed by atoms with Gasteiger partial charge in [-0.25, -0.2) is 0 Å². The van der Waals surface area contributed by atoms with E-state index in [1.54, 1.807) is 0 Å². The molecule has 0 aromatic carbocycles. The molecule has 0 rings (SSSR count). The van der Waals surface area contributed by atoms with Crippen LogP contribution in [0.5, 0.6) is 0 Å². The summed E-state index contributed by atoms with van der Waals surface area (Å²) in [4.78, 5) is 0. The SMILES string of the molecule is C/C=C(\C)C(C)(C)OCCC(CCCCCN)CCCCCCCCCCCC. The van der Waals surface area contributed by atoms with Gasteiger partial charge in [-0.3, -0.25) is 0 Å². The number of rotatable bonds is 21. The Morgan fingerprint density at radius 3 is 1.76 bits per heavy atom. The Bertz CT molecular complexity index is 375. The van der Waals surface area contributed by atoms with Gasteiger partial charge in [0.15, 0.2) is 0 Å². The van der Waals surface area contributed by atoms with Gasteiger partial charge >= 0.3 is 0 Å². The third-order valence-corrected chi connectivity index (χ3v) is 6.65. The quantitative estimate of drug-likeness (QED) is 0.152. The minimum atomic E-state index is -0.129. The van der Waals surface area contributed by atoms with Gasteiger partial charge in [0.25, 0.3) is 0 Å². The Kier molecular flexibility index (Phi) is 19.4. The Hall–Kier alpha value is -0.340. The summed E-state index contributed by atoms with van der Waals surface area (Å²) >= 11 is 0. The minimum absolute atomic E-state index is 0.129. The highest BCUT2D eigenvalue weighted by Gasteiger charge is 2.20. The number of hydrogen-bond donors (Lipinski definition) is 1. The van der Waals surface area contributed by atoms with Crippen LogP contribution in [0.3, 0.4) is 0 Å². The smallest absolute Gasteiger partial charge is 0.0832 e. The van der Waals surface area contributed by atoms with Crippen molar-refractivity contribution in [2.24, 2.45) is 11.7 Å². The molecule has 1 unspecified atom stereocenters. The van der Waals surface area contributed by atoms with Crippen LogP contribution < -0.4 is 5.73 Å². The fourth-order valence-corrected chi connectivity index (χ4v) is 4.05. The zero-order valence-corrected chi connectivity index (χ0v) is 20.9. The summed E-state index contributed by atoms with van der Waals surface area (Å²) in [5, 5.41) is 0. The summed E-state index contributed by atoms with van der Waals surface area (Å²) in [5.41, 5.74) is 6.86. The number of allylic oxidation sites excluding steroid dienone is 1. The molecule has 0 fully saturated rings. The number of ether oxygens (including phenoxy) is 1. The predicted octanol–water partition coefficient (Wildman–Crippen LogP) is 8.58. The molecular weight excluding hydrogens is 354 g/mol. The summed E-state index contributed by atoms with van der Waals surface area (Å²) in [5.74, 6) is 0.823. The van der Waals surface area contributed by atoms with Crippen LogP contribution in [0.15, 0.2) is 11.6 Å². The van der Waals surface area contributed by atoms with Crippen molar-refractivity contribution >= 4 is 0 Å². The number of hydrogen-bond acceptors (Lipinski definition) is 2. The molecule has 0 aromatic rings. The van der Waals surface area contributed by atoms with Crippen molar-refractivity contribution in [3.63, 3.8) is 0 Å². The minimum Gasteiger partial charge on any atom is -0.371 e. The Morgan fingerprint density at radius 2 is 1.28 bits per heavy atom. The summed E-state index contributed by atoms with van der Waals surface area (Å²) in [6, 6.07) is 0. The highest BCUT2D eigenvalue weighted by molar-refractivity contribution is 5.09. The van der Waals surface area contributed by atoms with Crippen LogP contribution in [0.2, 0.25) is 0 Å². The first kappa shape index (κ1) is 28.7. The van der Waals surface area contributed by atoms with Crippen LogP contribution in [0.1, 0.15) is 137 Å². The zero-order valence-electron chi connectivity index (χ0n) is 20.9. The van der Waals surface area contributed by atoms with E-state index in [0.717, 1.165) is 19.1 Å². The van der Waals surface area contributed by atoms with Crippen LogP contribution in [-0.4, -0.2) is 18.8 Å². The average molecular weight is 410 g/mol. The molecule has 2 N–H and O–H groups in total. The molecule has 0 spiro atoms. The molecule has 0 radical (unpaired) electrons. The normalized spacial score (nSPS) is 13.8. The molecule has 0 saturated carbocycles. The van der Waals surface area contributed by atoms with E-state index in [1.807, 2.05) is 0 Å². The Balaban J connectivity index is 4.02. The second-order valence-electron chi connectivity index (χ2n) is 9.59. The van der Waals surface area contributed by atoms with E-state index in [9.17, 15) is 0 Å². The summed E-state index contributed by atoms with van der Waals surface area (Å²) in [6.07, 6.45) is 24.1. The lowest BCUT2D eigenvalue weighted by atomic mass is 9.91. The number of nitrogens with two attached hydrogens (primary N) is 1. The van der Waals surface area contributed by atoms with Crippen molar-refractivity contribution in [1.82, 2.24) is 0 Å². The van der Waals surface area contributed by atoms with Crippen LogP contribution in [0, 0.1) is 5.92 Å². The lowest BCUT2D eigenvalue weighted by molar-refractivity contribution is 0.00254. The van der Waals surface area contributed by atoms with Crippen LogP contribution in [-0.2, 0) is 4.74 Å². The van der Waals surface area contributed by atoms with Gasteiger partial charge < -0.3 is 10.5 Å². The maximum absolute atomic E-state index is 6.25. The van der Waals surface area contributed by atoms with E-state index >= 15 is 0 Å². The van der Waals surface area contributed by atoms with Crippen LogP contribution >= 0.6 is 0 Å². The third kappa shape index (κ3) is 17.1. The molecule has 0 heterocycles. The van der Waals surface area contributed by atoms with Gasteiger partial charge in [-0.15, -0.1) is 0 Å². The molecule has 0 saturated heterocycles. The van der Waals surface area contributed by atoms with Gasteiger partial charge in [-0.05, 0) is 58.6 Å². The van der Waals surface area contributed by atoms with E-state index in [4.69, 9.17) is 10.5 Å². The molecule has 0 amide bonds. The van der Waals surface area contributed by atoms with Gasteiger partial charge in [0.2, 0.25) is 0 Å². The molecule has 0 bridgehead atoms. The van der Waals surface area contributed by atoms with Crippen LogP contribution in [0.25, 0.3) is 0 Å². The third-order valence-electron chi connectivity index (χ3n) is 6.65. The molecular formula is C27H55NO. The largest absolute Gasteiger partial charge is 0.371 e. The van der Waals surface area contributed by atoms with Gasteiger partial charge in [-0.2, -0.15) is 0 Å². The molecule has 29 heavy (non-hydrogen) atoms. The molecule has 0 aromatic heterocycles. The monoisotopic (exact) mass is 409 g/mol. The van der Waals surface area contributed by atoms with Crippen molar-refractivity contribution in [2.45, 2.75) is 143 Å². The van der Waals surface area contributed by atoms with Crippen LogP contribution in [0.4, 0.5) is 0 Å². The fraction of sp³-hybridized carbons (Fsp3) is 0.926. The lowest BCUT2D eigenvalue weighted by Crippen LogP contribution is -2.27. The lowest BCUT2D eigenvalue weighted by Gasteiger charge is -2.28. The second-order valence-corrected chi connectivity index (χ2v) is 9.59. The average Bonchev–Trinajstić information content (AvgIpc) is 2.71. The fourth-order valence-electron chi connectivity index (χ4n) is 4.05. The highest BCUT2D eigenvalue weighted by atomic mass is 16.5. The first-order valence-electron chi connectivity index (χ1n) is 12.9. The Morgan fingerprint density at radius 1 is 0.793 bits per heavy atom. The van der Waals surface area contributed by atoms with Gasteiger partial charge in [0, 0.05) is 6.61 Å². The molecule has 0 aliphatic carbocycles. The zero-order chi connectivity index (χ0) is 21.8. The van der Waals surface area contributed by atoms with Crippen molar-refractivity contribution in [3.8, 4) is 0 Å². The summed E-state index contributed by atoms with van der Waals surface area (Å²) in [6.45, 7) is 12.7. The Labute approximate surface area is 184 Å². The maximum Gasteiger partial charge on any atom is 0.0832 e. The highest BCUT2D eigenvalue weighted by Crippen LogP contribution is 2.25. The molecule has 1 atom stereocenters. The van der Waals surface area contributed by atoms with E-state index in [-0.39, 0.29) is 5.60 Å². The van der Waals surface area contributed by atoms with Gasteiger partial charge in [0.05, 0.1) is 5.60 Å². The van der Waals surface area contributed by atoms with Crippen molar-refractivity contribution in [3.05, 3.63) is 11.6 Å². The van der Waals surface area contributed by atoms with E-state index < -0.39 is 0 Å². The predicted molar refractivity (Wildman–Crippen MR) is 132 cm³/mol. The molecule has 0 aliphatic rings.